The van der Waals surface area contributed by atoms with Gasteiger partial charge in [-0.1, -0.05) is 51.0 Å². The number of nitrogens with two attached hydrogens (primary N) is 1. The summed E-state index contributed by atoms with van der Waals surface area (Å²) in [6.07, 6.45) is 5.26. The molecule has 1 aromatic heterocycles. The zero-order valence-corrected chi connectivity index (χ0v) is 47.7. The lowest BCUT2D eigenvalue weighted by Gasteiger charge is -2.38. The molecule has 3 aliphatic rings. The molecule has 0 aliphatic carbocycles. The van der Waals surface area contributed by atoms with Gasteiger partial charge in [0.15, 0.2) is 11.6 Å². The monoisotopic (exact) mass is 1170 g/mol. The number of H-pyrrole nitrogens is 1. The maximum absolute atomic E-state index is 16.2. The number of aryl methyl sites for hydroxylation is 1. The van der Waals surface area contributed by atoms with Gasteiger partial charge in [-0.2, -0.15) is 0 Å². The number of aromatic amines is 1. The number of halogens is 1. The summed E-state index contributed by atoms with van der Waals surface area (Å²) < 4.78 is 33.7. The van der Waals surface area contributed by atoms with Crippen LogP contribution in [-0.2, 0) is 44.5 Å². The zero-order valence-electron chi connectivity index (χ0n) is 46.8. The number of terminal acetylenes is 1. The first-order chi connectivity index (χ1) is 39.1. The Balaban J connectivity index is 0.966. The second-order valence-electron chi connectivity index (χ2n) is 22.5. The Kier molecular flexibility index (Phi) is 20.0. The number of carbonyl (C=O) groups is 9. The number of fused-ring (bicyclic) bond motifs is 2. The van der Waals surface area contributed by atoms with Gasteiger partial charge in [0.1, 0.15) is 36.5 Å². The van der Waals surface area contributed by atoms with Crippen molar-refractivity contribution in [3.63, 3.8) is 0 Å². The first-order valence-electron chi connectivity index (χ1n) is 27.4. The summed E-state index contributed by atoms with van der Waals surface area (Å²) in [5, 5.41) is 22.2. The van der Waals surface area contributed by atoms with Gasteiger partial charge in [0.25, 0.3) is 11.4 Å². The van der Waals surface area contributed by atoms with E-state index in [1.807, 2.05) is 0 Å². The molecule has 3 saturated heterocycles. The standard InChI is InChI=1S/C58H71FN9O14P/c1-7-34-14-16-35(17-15-34)32(2)61-54(75)46-28-41(70)29-67(46)56(77)51(58(4,5)6)65-49(72)13-9-11-36-10-8-12-47(50(36)59)82-31-39(19-23-48(60)71)62-53(74)45-22-20-40-24-25-66(33(3)69)30-44(55(76)68(40)45)64-52(73)43-27-38-26-37(18-21-42(38)63-43)57(78)83(79,80)81/h1,8,10,12,14-18,21,26-27,32,39-41,44-46,51,63,70H,9,11,13,19-20,22-25,28-31H2,2-6H3,(H2,60,71)(H,61,75)(H,62,74)(H,64,73)(H,65,72)(H2,79,80,81)/t32-,39-,40+,41+,44-,45-,46-,51+/m0/s1. The predicted molar refractivity (Wildman–Crippen MR) is 300 cm³/mol. The lowest BCUT2D eigenvalue weighted by Crippen LogP contribution is -2.61. The van der Waals surface area contributed by atoms with Crippen LogP contribution in [-0.4, -0.2) is 156 Å². The molecule has 23 nitrogen and oxygen atoms in total. The van der Waals surface area contributed by atoms with Crippen LogP contribution in [0.15, 0.2) is 66.7 Å². The van der Waals surface area contributed by atoms with E-state index in [1.165, 1.54) is 58.0 Å². The third-order valence-corrected chi connectivity index (χ3v) is 16.0. The minimum atomic E-state index is -5.10. The van der Waals surface area contributed by atoms with E-state index in [0.29, 0.717) is 23.9 Å². The number of aliphatic hydroxyl groups excluding tert-OH is 1. The second-order valence-corrected chi connectivity index (χ2v) is 24.0. The molecule has 0 radical (unpaired) electrons. The van der Waals surface area contributed by atoms with Crippen molar-refractivity contribution in [1.29, 1.82) is 0 Å². The summed E-state index contributed by atoms with van der Waals surface area (Å²) in [6.45, 7) is 7.89. The molecule has 444 valence electrons. The van der Waals surface area contributed by atoms with Gasteiger partial charge in [0.05, 0.1) is 18.2 Å². The molecule has 8 amide bonds. The zero-order chi connectivity index (χ0) is 60.7. The second kappa shape index (κ2) is 26.5. The molecule has 3 aromatic carbocycles. The number of ether oxygens (including phenoxy) is 1. The number of aromatic nitrogens is 1. The maximum Gasteiger partial charge on any atom is 0.396 e. The summed E-state index contributed by atoms with van der Waals surface area (Å²) in [5.41, 5.74) is 4.90. The number of carbonyl (C=O) groups excluding carboxylic acids is 9. The van der Waals surface area contributed by atoms with Gasteiger partial charge in [0.2, 0.25) is 41.4 Å². The first-order valence-corrected chi connectivity index (χ1v) is 29.0. The molecule has 0 saturated carbocycles. The molecule has 8 atom stereocenters. The Morgan fingerprint density at radius 1 is 0.928 bits per heavy atom. The Labute approximate surface area is 479 Å². The Bertz CT molecular complexity index is 3240. The molecule has 25 heteroatoms. The molecular formula is C58H71FN9O14P. The van der Waals surface area contributed by atoms with Crippen molar-refractivity contribution in [1.82, 2.24) is 41.0 Å². The number of aliphatic hydroxyl groups is 1. The molecule has 10 N–H and O–H groups in total. The van der Waals surface area contributed by atoms with Gasteiger partial charge >= 0.3 is 7.60 Å². The van der Waals surface area contributed by atoms with Crippen molar-refractivity contribution >= 4 is 71.3 Å². The van der Waals surface area contributed by atoms with Crippen molar-refractivity contribution < 1.29 is 71.7 Å². The van der Waals surface area contributed by atoms with Gasteiger partial charge in [-0.15, -0.1) is 6.42 Å². The molecule has 3 aliphatic heterocycles. The number of nitrogens with zero attached hydrogens (tertiary/aromatic N) is 3. The van der Waals surface area contributed by atoms with Crippen LogP contribution in [0.25, 0.3) is 10.9 Å². The van der Waals surface area contributed by atoms with Gasteiger partial charge < -0.3 is 66.3 Å². The van der Waals surface area contributed by atoms with E-state index in [9.17, 15) is 62.6 Å². The Morgan fingerprint density at radius 2 is 1.64 bits per heavy atom. The van der Waals surface area contributed by atoms with E-state index in [-0.39, 0.29) is 105 Å². The van der Waals surface area contributed by atoms with E-state index in [4.69, 9.17) is 16.9 Å². The fourth-order valence-electron chi connectivity index (χ4n) is 10.7. The van der Waals surface area contributed by atoms with Crippen LogP contribution in [0.1, 0.15) is 130 Å². The molecule has 4 heterocycles. The number of benzene rings is 3. The van der Waals surface area contributed by atoms with Crippen molar-refractivity contribution in [2.24, 2.45) is 11.1 Å². The van der Waals surface area contributed by atoms with Crippen LogP contribution in [0.5, 0.6) is 5.75 Å². The predicted octanol–water partition coefficient (Wildman–Crippen LogP) is 2.84. The summed E-state index contributed by atoms with van der Waals surface area (Å²) >= 11 is 0. The van der Waals surface area contributed by atoms with Crippen LogP contribution < -0.4 is 31.7 Å². The van der Waals surface area contributed by atoms with Crippen LogP contribution in [0, 0.1) is 23.6 Å². The SMILES string of the molecule is C#Cc1ccc([C@H](C)NC(=O)[C@@H]2C[C@@H](O)CN2C(=O)[C@@H](NC(=O)CCCc2cccc(OC[C@H](CCC(N)=O)NC(=O)[C@@H]3CC[C@@H]4CCN(C(C)=O)C[C@H](NC(=O)c5cc6cc(C(=O)P(=O)(O)O)ccc6[nH]5)C(=O)N43)c2F)C(C)(C)C)cc1. The molecule has 0 unspecified atom stereocenters. The van der Waals surface area contributed by atoms with Gasteiger partial charge in [0, 0.05) is 73.9 Å². The largest absolute Gasteiger partial charge is 0.488 e. The fourth-order valence-corrected chi connectivity index (χ4v) is 11.2. The minimum absolute atomic E-state index is 0.000527. The molecule has 4 aromatic rings. The number of primary amides is 1. The highest BCUT2D eigenvalue weighted by Gasteiger charge is 2.47. The molecule has 3 fully saturated rings. The van der Waals surface area contributed by atoms with E-state index < -0.39 is 114 Å². The number of amides is 8. The third kappa shape index (κ3) is 15.6. The summed E-state index contributed by atoms with van der Waals surface area (Å²) in [6, 6.07) is 10.2. The first kappa shape index (κ1) is 62.6. The van der Waals surface area contributed by atoms with E-state index in [1.54, 1.807) is 58.0 Å². The molecule has 83 heavy (non-hydrogen) atoms. The molecule has 0 bridgehead atoms. The Morgan fingerprint density at radius 3 is 2.30 bits per heavy atom. The lowest BCUT2D eigenvalue weighted by molar-refractivity contribution is -0.145. The van der Waals surface area contributed by atoms with Crippen molar-refractivity contribution in [3.05, 3.63) is 100 Å². The Hall–Kier alpha value is -7.97. The topological polar surface area (TPSA) is 340 Å². The average Bonchev–Trinajstić information content (AvgIpc) is 3.71. The number of β-amino-alcohol motifs (C(OH)–C–C–N with tert-alkyl or cyclic N) is 1. The van der Waals surface area contributed by atoms with Crippen molar-refractivity contribution in [2.75, 3.05) is 26.2 Å². The maximum atomic E-state index is 16.2. The van der Waals surface area contributed by atoms with Crippen molar-refractivity contribution in [2.45, 2.75) is 141 Å². The van der Waals surface area contributed by atoms with Crippen LogP contribution in [0.4, 0.5) is 4.39 Å². The highest BCUT2D eigenvalue weighted by Crippen LogP contribution is 2.40. The summed E-state index contributed by atoms with van der Waals surface area (Å²) in [5.74, 6) is -3.01. The quantitative estimate of drug-likeness (QED) is 0.0428. The number of hydrogen-bond donors (Lipinski definition) is 9. The number of likely N-dealkylation sites (tertiary alicyclic amines) is 1. The molecule has 7 rings (SSSR count). The fraction of sp³-hybridized carbons (Fsp3) is 0.466. The smallest absolute Gasteiger partial charge is 0.396 e. The molecule has 0 spiro atoms. The summed E-state index contributed by atoms with van der Waals surface area (Å²) in [7, 11) is -5.10. The number of hydrogen-bond acceptors (Lipinski definition) is 12. The highest BCUT2D eigenvalue weighted by molar-refractivity contribution is 7.70. The van der Waals surface area contributed by atoms with Crippen LogP contribution in [0.2, 0.25) is 0 Å². The third-order valence-electron chi connectivity index (χ3n) is 15.3. The highest BCUT2D eigenvalue weighted by atomic mass is 31.2. The van der Waals surface area contributed by atoms with E-state index >= 15 is 4.39 Å². The van der Waals surface area contributed by atoms with Gasteiger partial charge in [-0.25, -0.2) is 4.39 Å². The van der Waals surface area contributed by atoms with Gasteiger partial charge in [-0.3, -0.25) is 47.7 Å². The number of nitrogens with one attached hydrogen (secondary N) is 5. The lowest BCUT2D eigenvalue weighted by atomic mass is 9.85. The number of rotatable bonds is 21. The molecular weight excluding hydrogens is 1100 g/mol. The van der Waals surface area contributed by atoms with E-state index in [0.717, 1.165) is 5.56 Å². The van der Waals surface area contributed by atoms with Crippen LogP contribution in [0.3, 0.4) is 0 Å². The van der Waals surface area contributed by atoms with Crippen LogP contribution >= 0.6 is 7.60 Å². The minimum Gasteiger partial charge on any atom is -0.488 e. The van der Waals surface area contributed by atoms with Crippen molar-refractivity contribution in [3.8, 4) is 18.1 Å². The summed E-state index contributed by atoms with van der Waals surface area (Å²) in [4.78, 5) is 147. The normalized spacial score (nSPS) is 20.2. The average molecular weight is 1170 g/mol. The van der Waals surface area contributed by atoms with Gasteiger partial charge in [-0.05, 0) is 104 Å². The van der Waals surface area contributed by atoms with E-state index in [2.05, 4.69) is 32.2 Å².